The van der Waals surface area contributed by atoms with Crippen molar-refractivity contribution in [3.05, 3.63) is 58.6 Å². The Labute approximate surface area is 121 Å². The van der Waals surface area contributed by atoms with E-state index in [2.05, 4.69) is 10.3 Å². The molecule has 110 valence electrons. The number of aromatic nitrogens is 1. The van der Waals surface area contributed by atoms with E-state index in [1.165, 1.54) is 6.07 Å². The first kappa shape index (κ1) is 15.2. The molecule has 1 heterocycles. The molecule has 1 aromatic carbocycles. The number of alkyl halides is 3. The standard InChI is InChI=1S/C13H7ClF4N2O/c14-8-2-3-10(9(5-8)13(16,17)18)20-12(21)7-1-4-11(15)19-6-7/h1-6H,(H,20,21). The van der Waals surface area contributed by atoms with E-state index in [0.29, 0.717) is 6.07 Å². The van der Waals surface area contributed by atoms with E-state index in [0.717, 1.165) is 24.4 Å². The lowest BCUT2D eigenvalue weighted by atomic mass is 10.1. The van der Waals surface area contributed by atoms with Crippen LogP contribution in [0.25, 0.3) is 0 Å². The van der Waals surface area contributed by atoms with Crippen molar-refractivity contribution < 1.29 is 22.4 Å². The molecule has 3 nitrogen and oxygen atoms in total. The smallest absolute Gasteiger partial charge is 0.321 e. The molecule has 1 N–H and O–H groups in total. The van der Waals surface area contributed by atoms with E-state index in [4.69, 9.17) is 11.6 Å². The summed E-state index contributed by atoms with van der Waals surface area (Å²) in [6, 6.07) is 5.01. The largest absolute Gasteiger partial charge is 0.418 e. The van der Waals surface area contributed by atoms with Crippen molar-refractivity contribution in [3.8, 4) is 0 Å². The van der Waals surface area contributed by atoms with Crippen LogP contribution in [0.15, 0.2) is 36.5 Å². The molecule has 0 aliphatic carbocycles. The third-order valence-electron chi connectivity index (χ3n) is 2.52. The molecule has 2 rings (SSSR count). The second-order valence-electron chi connectivity index (χ2n) is 4.01. The molecular formula is C13H7ClF4N2O. The molecule has 8 heteroatoms. The van der Waals surface area contributed by atoms with Crippen molar-refractivity contribution >= 4 is 23.2 Å². The SMILES string of the molecule is O=C(Nc1ccc(Cl)cc1C(F)(F)F)c1ccc(F)nc1. The summed E-state index contributed by atoms with van der Waals surface area (Å²) < 4.78 is 51.2. The maximum Gasteiger partial charge on any atom is 0.418 e. The van der Waals surface area contributed by atoms with Crippen molar-refractivity contribution in [1.29, 1.82) is 0 Å². The van der Waals surface area contributed by atoms with Gasteiger partial charge in [0.1, 0.15) is 0 Å². The first-order valence-corrected chi connectivity index (χ1v) is 5.95. The maximum absolute atomic E-state index is 12.9. The summed E-state index contributed by atoms with van der Waals surface area (Å²) in [6.45, 7) is 0. The number of hydrogen-bond donors (Lipinski definition) is 1. The van der Waals surface area contributed by atoms with Crippen LogP contribution in [0.5, 0.6) is 0 Å². The number of halogens is 5. The zero-order valence-electron chi connectivity index (χ0n) is 10.2. The molecule has 0 bridgehead atoms. The number of carbonyl (C=O) groups is 1. The number of benzene rings is 1. The average molecular weight is 319 g/mol. The van der Waals surface area contributed by atoms with E-state index in [1.54, 1.807) is 0 Å². The maximum atomic E-state index is 12.9. The zero-order chi connectivity index (χ0) is 15.6. The number of hydrogen-bond acceptors (Lipinski definition) is 2. The minimum Gasteiger partial charge on any atom is -0.321 e. The predicted molar refractivity (Wildman–Crippen MR) is 68.6 cm³/mol. The minimum absolute atomic E-state index is 0.0699. The number of amides is 1. The normalized spacial score (nSPS) is 11.3. The number of nitrogens with zero attached hydrogens (tertiary/aromatic N) is 1. The summed E-state index contributed by atoms with van der Waals surface area (Å²) in [5.74, 6) is -1.63. The molecule has 2 aromatic rings. The van der Waals surface area contributed by atoms with Gasteiger partial charge in [-0.3, -0.25) is 4.79 Å². The van der Waals surface area contributed by atoms with Crippen LogP contribution in [-0.4, -0.2) is 10.9 Å². The highest BCUT2D eigenvalue weighted by atomic mass is 35.5. The van der Waals surface area contributed by atoms with Crippen molar-refractivity contribution in [3.63, 3.8) is 0 Å². The number of nitrogens with one attached hydrogen (secondary N) is 1. The van der Waals surface area contributed by atoms with Crippen LogP contribution >= 0.6 is 11.6 Å². The molecule has 0 aliphatic rings. The van der Waals surface area contributed by atoms with E-state index >= 15 is 0 Å². The van der Waals surface area contributed by atoms with Crippen molar-refractivity contribution in [1.82, 2.24) is 4.98 Å². The fraction of sp³-hybridized carbons (Fsp3) is 0.0769. The second-order valence-corrected chi connectivity index (χ2v) is 4.45. The van der Waals surface area contributed by atoms with Crippen LogP contribution in [0.2, 0.25) is 5.02 Å². The highest BCUT2D eigenvalue weighted by molar-refractivity contribution is 6.30. The second kappa shape index (κ2) is 5.69. The van der Waals surface area contributed by atoms with Gasteiger partial charge in [-0.2, -0.15) is 17.6 Å². The lowest BCUT2D eigenvalue weighted by Crippen LogP contribution is -2.17. The Hall–Kier alpha value is -2.15. The highest BCUT2D eigenvalue weighted by Crippen LogP contribution is 2.36. The zero-order valence-corrected chi connectivity index (χ0v) is 11.0. The molecule has 0 aliphatic heterocycles. The highest BCUT2D eigenvalue weighted by Gasteiger charge is 2.34. The van der Waals surface area contributed by atoms with Gasteiger partial charge in [-0.1, -0.05) is 11.6 Å². The van der Waals surface area contributed by atoms with Gasteiger partial charge in [-0.15, -0.1) is 0 Å². The summed E-state index contributed by atoms with van der Waals surface area (Å²) in [5.41, 5.74) is -1.58. The molecule has 0 saturated heterocycles. The molecule has 0 radical (unpaired) electrons. The molecule has 0 fully saturated rings. The minimum atomic E-state index is -4.67. The van der Waals surface area contributed by atoms with Crippen molar-refractivity contribution in [2.75, 3.05) is 5.32 Å². The summed E-state index contributed by atoms with van der Waals surface area (Å²) in [5, 5.41) is 1.99. The van der Waals surface area contributed by atoms with E-state index in [9.17, 15) is 22.4 Å². The fourth-order valence-corrected chi connectivity index (χ4v) is 1.74. The lowest BCUT2D eigenvalue weighted by Gasteiger charge is -2.14. The molecule has 0 atom stereocenters. The van der Waals surface area contributed by atoms with Gasteiger partial charge in [-0.05, 0) is 30.3 Å². The van der Waals surface area contributed by atoms with E-state index in [1.807, 2.05) is 0 Å². The van der Waals surface area contributed by atoms with Crippen LogP contribution in [-0.2, 0) is 6.18 Å². The Morgan fingerprint density at radius 3 is 2.48 bits per heavy atom. The monoisotopic (exact) mass is 318 g/mol. The van der Waals surface area contributed by atoms with Gasteiger partial charge in [0, 0.05) is 11.2 Å². The lowest BCUT2D eigenvalue weighted by molar-refractivity contribution is -0.136. The average Bonchev–Trinajstić information content (AvgIpc) is 2.40. The van der Waals surface area contributed by atoms with Crippen molar-refractivity contribution in [2.24, 2.45) is 0 Å². The predicted octanol–water partition coefficient (Wildman–Crippen LogP) is 4.15. The van der Waals surface area contributed by atoms with E-state index in [-0.39, 0.29) is 10.6 Å². The molecule has 1 aromatic heterocycles. The third kappa shape index (κ3) is 3.69. The molecular weight excluding hydrogens is 312 g/mol. The Kier molecular flexibility index (Phi) is 4.13. The number of pyridine rings is 1. The van der Waals surface area contributed by atoms with Crippen LogP contribution in [0.4, 0.5) is 23.2 Å². The van der Waals surface area contributed by atoms with Gasteiger partial charge < -0.3 is 5.32 Å². The molecule has 1 amide bonds. The van der Waals surface area contributed by atoms with Crippen LogP contribution in [0, 0.1) is 5.95 Å². The van der Waals surface area contributed by atoms with E-state index < -0.39 is 29.3 Å². The van der Waals surface area contributed by atoms with Gasteiger partial charge in [0.2, 0.25) is 5.95 Å². The first-order valence-electron chi connectivity index (χ1n) is 5.57. The topological polar surface area (TPSA) is 42.0 Å². The quantitative estimate of drug-likeness (QED) is 0.668. The summed E-state index contributed by atoms with van der Waals surface area (Å²) in [4.78, 5) is 15.1. The Morgan fingerprint density at radius 2 is 1.90 bits per heavy atom. The fourth-order valence-electron chi connectivity index (χ4n) is 1.56. The molecule has 0 saturated carbocycles. The van der Waals surface area contributed by atoms with Gasteiger partial charge in [0.25, 0.3) is 5.91 Å². The summed E-state index contributed by atoms with van der Waals surface area (Å²) >= 11 is 5.53. The summed E-state index contributed by atoms with van der Waals surface area (Å²) in [7, 11) is 0. The summed E-state index contributed by atoms with van der Waals surface area (Å²) in [6.07, 6.45) is -3.75. The van der Waals surface area contributed by atoms with Gasteiger partial charge in [0.15, 0.2) is 0 Å². The number of anilines is 1. The van der Waals surface area contributed by atoms with Gasteiger partial charge in [0.05, 0.1) is 16.8 Å². The molecule has 0 spiro atoms. The van der Waals surface area contributed by atoms with Gasteiger partial charge >= 0.3 is 6.18 Å². The van der Waals surface area contributed by atoms with Crippen molar-refractivity contribution in [2.45, 2.75) is 6.18 Å². The van der Waals surface area contributed by atoms with Crippen LogP contribution < -0.4 is 5.32 Å². The van der Waals surface area contributed by atoms with Crippen LogP contribution in [0.1, 0.15) is 15.9 Å². The molecule has 21 heavy (non-hydrogen) atoms. The number of carbonyl (C=O) groups excluding carboxylic acids is 1. The number of rotatable bonds is 2. The first-order chi connectivity index (χ1) is 9.77. The Bertz CT molecular complexity index is 671. The third-order valence-corrected chi connectivity index (χ3v) is 2.76. The Morgan fingerprint density at radius 1 is 1.19 bits per heavy atom. The Balaban J connectivity index is 2.31. The van der Waals surface area contributed by atoms with Gasteiger partial charge in [-0.25, -0.2) is 4.98 Å². The molecule has 0 unspecified atom stereocenters. The van der Waals surface area contributed by atoms with Crippen LogP contribution in [0.3, 0.4) is 0 Å².